The standard InChI is InChI=1S/C14H20F3N3O/c15-14(16,17)13(21)20-10-4-2-1-3-9-19-12-7-5-11(18)6-8-12/h5-8,19H,1-4,9-10,18H2,(H,20,21). The number of nitrogen functional groups attached to an aromatic ring is 1. The number of hydrogen-bond donors (Lipinski definition) is 3. The van der Waals surface area contributed by atoms with Gasteiger partial charge in [-0.3, -0.25) is 4.79 Å². The van der Waals surface area contributed by atoms with Crippen molar-refractivity contribution >= 4 is 17.3 Å². The Labute approximate surface area is 121 Å². The van der Waals surface area contributed by atoms with Gasteiger partial charge in [0.25, 0.3) is 0 Å². The molecule has 4 N–H and O–H groups in total. The number of amides is 1. The van der Waals surface area contributed by atoms with E-state index in [1.807, 2.05) is 29.6 Å². The molecule has 1 aromatic carbocycles. The molecule has 118 valence electrons. The SMILES string of the molecule is Nc1ccc(NCCCCCCNC(=O)C(F)(F)F)cc1. The van der Waals surface area contributed by atoms with Crippen LogP contribution in [0.3, 0.4) is 0 Å². The van der Waals surface area contributed by atoms with Crippen LogP contribution in [0.5, 0.6) is 0 Å². The fourth-order valence-corrected chi connectivity index (χ4v) is 1.74. The van der Waals surface area contributed by atoms with Crippen molar-refractivity contribution < 1.29 is 18.0 Å². The maximum absolute atomic E-state index is 11.9. The van der Waals surface area contributed by atoms with Crippen LogP contribution in [-0.4, -0.2) is 25.2 Å². The number of carbonyl (C=O) groups excluding carboxylic acids is 1. The molecule has 1 amide bonds. The van der Waals surface area contributed by atoms with Crippen LogP contribution < -0.4 is 16.4 Å². The molecule has 0 bridgehead atoms. The maximum Gasteiger partial charge on any atom is 0.471 e. The van der Waals surface area contributed by atoms with E-state index >= 15 is 0 Å². The van der Waals surface area contributed by atoms with Crippen LogP contribution in [0.4, 0.5) is 24.5 Å². The maximum atomic E-state index is 11.9. The van der Waals surface area contributed by atoms with Crippen molar-refractivity contribution in [3.8, 4) is 0 Å². The van der Waals surface area contributed by atoms with Crippen LogP contribution >= 0.6 is 0 Å². The minimum atomic E-state index is -4.79. The number of anilines is 2. The molecule has 0 heterocycles. The topological polar surface area (TPSA) is 67.2 Å². The van der Waals surface area contributed by atoms with Crippen LogP contribution in [0.2, 0.25) is 0 Å². The number of benzene rings is 1. The van der Waals surface area contributed by atoms with Crippen LogP contribution in [-0.2, 0) is 4.79 Å². The zero-order valence-corrected chi connectivity index (χ0v) is 11.7. The van der Waals surface area contributed by atoms with Crippen molar-refractivity contribution in [2.24, 2.45) is 0 Å². The second kappa shape index (κ2) is 8.39. The number of nitrogens with one attached hydrogen (secondary N) is 2. The number of unbranched alkanes of at least 4 members (excludes halogenated alkanes) is 3. The fourth-order valence-electron chi connectivity index (χ4n) is 1.74. The number of hydrogen-bond acceptors (Lipinski definition) is 3. The first kappa shape index (κ1) is 17.1. The summed E-state index contributed by atoms with van der Waals surface area (Å²) in [6, 6.07) is 7.40. The Balaban J connectivity index is 1.98. The molecule has 0 unspecified atom stereocenters. The Kier molecular flexibility index (Phi) is 6.84. The fraction of sp³-hybridized carbons (Fsp3) is 0.500. The summed E-state index contributed by atoms with van der Waals surface area (Å²) in [4.78, 5) is 10.5. The van der Waals surface area contributed by atoms with Crippen LogP contribution in [0.1, 0.15) is 25.7 Å². The Bertz CT molecular complexity index is 432. The number of halogens is 3. The molecule has 1 rings (SSSR count). The van der Waals surface area contributed by atoms with Crippen LogP contribution in [0, 0.1) is 0 Å². The summed E-state index contributed by atoms with van der Waals surface area (Å²) < 4.78 is 35.6. The first-order valence-corrected chi connectivity index (χ1v) is 6.84. The Morgan fingerprint density at radius 1 is 1.00 bits per heavy atom. The lowest BCUT2D eigenvalue weighted by Crippen LogP contribution is -2.37. The average molecular weight is 303 g/mol. The highest BCUT2D eigenvalue weighted by Crippen LogP contribution is 2.14. The highest BCUT2D eigenvalue weighted by atomic mass is 19.4. The summed E-state index contributed by atoms with van der Waals surface area (Å²) in [7, 11) is 0. The minimum Gasteiger partial charge on any atom is -0.399 e. The lowest BCUT2D eigenvalue weighted by Gasteiger charge is -2.08. The lowest BCUT2D eigenvalue weighted by molar-refractivity contribution is -0.173. The highest BCUT2D eigenvalue weighted by Gasteiger charge is 2.38. The highest BCUT2D eigenvalue weighted by molar-refractivity contribution is 5.81. The molecular formula is C14H20F3N3O. The number of nitrogens with two attached hydrogens (primary N) is 1. The number of rotatable bonds is 8. The first-order valence-electron chi connectivity index (χ1n) is 6.84. The van der Waals surface area contributed by atoms with Gasteiger partial charge < -0.3 is 16.4 Å². The summed E-state index contributed by atoms with van der Waals surface area (Å²) in [6.45, 7) is 0.850. The minimum absolute atomic E-state index is 0.0593. The third-order valence-corrected chi connectivity index (χ3v) is 2.89. The Morgan fingerprint density at radius 3 is 2.14 bits per heavy atom. The zero-order valence-electron chi connectivity index (χ0n) is 11.7. The van der Waals surface area contributed by atoms with E-state index in [1.165, 1.54) is 0 Å². The van der Waals surface area contributed by atoms with Crippen molar-refractivity contribution in [1.82, 2.24) is 5.32 Å². The molecule has 0 saturated carbocycles. The molecule has 7 heteroatoms. The molecule has 1 aromatic rings. The van der Waals surface area contributed by atoms with Gasteiger partial charge in [-0.25, -0.2) is 0 Å². The second-order valence-corrected chi connectivity index (χ2v) is 4.72. The third-order valence-electron chi connectivity index (χ3n) is 2.89. The van der Waals surface area contributed by atoms with Gasteiger partial charge in [-0.15, -0.1) is 0 Å². The summed E-state index contributed by atoms with van der Waals surface area (Å²) in [5.41, 5.74) is 7.27. The lowest BCUT2D eigenvalue weighted by atomic mass is 10.2. The summed E-state index contributed by atoms with van der Waals surface area (Å²) in [5, 5.41) is 5.08. The van der Waals surface area contributed by atoms with Crippen molar-refractivity contribution in [1.29, 1.82) is 0 Å². The smallest absolute Gasteiger partial charge is 0.399 e. The largest absolute Gasteiger partial charge is 0.471 e. The van der Waals surface area contributed by atoms with E-state index in [9.17, 15) is 18.0 Å². The van der Waals surface area contributed by atoms with E-state index in [4.69, 9.17) is 5.73 Å². The molecule has 0 atom stereocenters. The molecule has 0 aliphatic carbocycles. The van der Waals surface area contributed by atoms with E-state index in [2.05, 4.69) is 5.32 Å². The molecule has 0 saturated heterocycles. The summed E-state index contributed by atoms with van der Waals surface area (Å²) in [6.07, 6.45) is -1.66. The van der Waals surface area contributed by atoms with E-state index < -0.39 is 12.1 Å². The molecule has 0 spiro atoms. The van der Waals surface area contributed by atoms with Gasteiger partial charge in [0.15, 0.2) is 0 Å². The second-order valence-electron chi connectivity index (χ2n) is 4.72. The average Bonchev–Trinajstić information content (AvgIpc) is 2.42. The zero-order chi connectivity index (χ0) is 15.7. The van der Waals surface area contributed by atoms with Crippen molar-refractivity contribution in [2.45, 2.75) is 31.9 Å². The molecular weight excluding hydrogens is 283 g/mol. The quantitative estimate of drug-likeness (QED) is 0.511. The van der Waals surface area contributed by atoms with E-state index in [1.54, 1.807) is 0 Å². The van der Waals surface area contributed by atoms with Crippen molar-refractivity contribution in [2.75, 3.05) is 24.1 Å². The van der Waals surface area contributed by atoms with Gasteiger partial charge in [0.1, 0.15) is 0 Å². The molecule has 0 aliphatic rings. The van der Waals surface area contributed by atoms with E-state index in [-0.39, 0.29) is 6.54 Å². The van der Waals surface area contributed by atoms with Crippen molar-refractivity contribution in [3.05, 3.63) is 24.3 Å². The molecule has 0 radical (unpaired) electrons. The van der Waals surface area contributed by atoms with Gasteiger partial charge in [-0.1, -0.05) is 12.8 Å². The number of carbonyl (C=O) groups is 1. The Morgan fingerprint density at radius 2 is 1.57 bits per heavy atom. The summed E-state index contributed by atoms with van der Waals surface area (Å²) in [5.74, 6) is -1.87. The molecule has 21 heavy (non-hydrogen) atoms. The van der Waals surface area contributed by atoms with Crippen LogP contribution in [0.15, 0.2) is 24.3 Å². The van der Waals surface area contributed by atoms with E-state index in [0.29, 0.717) is 12.1 Å². The van der Waals surface area contributed by atoms with Gasteiger partial charge in [-0.2, -0.15) is 13.2 Å². The van der Waals surface area contributed by atoms with Gasteiger partial charge in [-0.05, 0) is 37.1 Å². The van der Waals surface area contributed by atoms with E-state index in [0.717, 1.165) is 31.5 Å². The molecule has 0 aromatic heterocycles. The van der Waals surface area contributed by atoms with Gasteiger partial charge >= 0.3 is 12.1 Å². The van der Waals surface area contributed by atoms with Gasteiger partial charge in [0.2, 0.25) is 0 Å². The van der Waals surface area contributed by atoms with Crippen LogP contribution in [0.25, 0.3) is 0 Å². The molecule has 0 fully saturated rings. The molecule has 4 nitrogen and oxygen atoms in total. The monoisotopic (exact) mass is 303 g/mol. The van der Waals surface area contributed by atoms with Crippen molar-refractivity contribution in [3.63, 3.8) is 0 Å². The predicted octanol–water partition coefficient (Wildman–Crippen LogP) is 2.92. The Hall–Kier alpha value is -1.92. The third kappa shape index (κ3) is 7.43. The predicted molar refractivity (Wildman–Crippen MR) is 76.9 cm³/mol. The number of alkyl halides is 3. The summed E-state index contributed by atoms with van der Waals surface area (Å²) >= 11 is 0. The molecule has 0 aliphatic heterocycles. The normalized spacial score (nSPS) is 11.2. The van der Waals surface area contributed by atoms with Gasteiger partial charge in [0.05, 0.1) is 0 Å². The van der Waals surface area contributed by atoms with Gasteiger partial charge in [0, 0.05) is 24.5 Å². The first-order chi connectivity index (χ1) is 9.89.